The van der Waals surface area contributed by atoms with Gasteiger partial charge in [-0.05, 0) is 44.9 Å². The van der Waals surface area contributed by atoms with E-state index in [1.165, 1.54) is 19.3 Å². The van der Waals surface area contributed by atoms with Crippen molar-refractivity contribution >= 4 is 0 Å². The highest BCUT2D eigenvalue weighted by atomic mass is 16.6. The topological polar surface area (TPSA) is 12.5 Å². The molecule has 2 fully saturated rings. The van der Waals surface area contributed by atoms with Gasteiger partial charge in [0.2, 0.25) is 0 Å². The van der Waals surface area contributed by atoms with Crippen molar-refractivity contribution in [2.45, 2.75) is 51.7 Å². The van der Waals surface area contributed by atoms with Gasteiger partial charge in [0.05, 0.1) is 11.7 Å². The number of epoxide rings is 1. The molecule has 1 nitrogen and oxygen atoms in total. The van der Waals surface area contributed by atoms with Gasteiger partial charge in [-0.15, -0.1) is 0 Å². The van der Waals surface area contributed by atoms with E-state index in [-0.39, 0.29) is 5.60 Å². The average Bonchev–Trinajstić information content (AvgIpc) is 2.72. The van der Waals surface area contributed by atoms with E-state index in [4.69, 9.17) is 4.74 Å². The summed E-state index contributed by atoms with van der Waals surface area (Å²) >= 11 is 0. The minimum Gasteiger partial charge on any atom is -0.367 e. The molecule has 0 bridgehead atoms. The molecule has 1 saturated carbocycles. The maximum atomic E-state index is 5.51. The molecule has 0 spiro atoms. The van der Waals surface area contributed by atoms with Crippen LogP contribution in [0.4, 0.5) is 0 Å². The highest BCUT2D eigenvalue weighted by Crippen LogP contribution is 2.50. The second-order valence-electron chi connectivity index (χ2n) is 4.81. The van der Waals surface area contributed by atoms with Gasteiger partial charge in [0.25, 0.3) is 0 Å². The third kappa shape index (κ3) is 1.58. The quantitative estimate of drug-likeness (QED) is 0.568. The van der Waals surface area contributed by atoms with Gasteiger partial charge < -0.3 is 4.74 Å². The molecule has 0 aromatic carbocycles. The number of rotatable bonds is 3. The molecular weight excluding hydrogens is 136 g/mol. The van der Waals surface area contributed by atoms with Crippen molar-refractivity contribution in [2.75, 3.05) is 0 Å². The Morgan fingerprint density at radius 2 is 2.00 bits per heavy atom. The minimum absolute atomic E-state index is 0.200. The standard InChI is InChI=1S/C10H17O/c1-9(2)8(11-9)4-5-10(3)6-7-10/h6,8H,4-5,7H2,1-3H3. The van der Waals surface area contributed by atoms with E-state index in [0.717, 1.165) is 0 Å². The van der Waals surface area contributed by atoms with E-state index in [2.05, 4.69) is 27.2 Å². The second-order valence-corrected chi connectivity index (χ2v) is 4.81. The molecule has 1 aliphatic heterocycles. The van der Waals surface area contributed by atoms with Crippen LogP contribution in [0, 0.1) is 11.8 Å². The molecule has 2 aliphatic rings. The maximum absolute atomic E-state index is 5.51. The highest BCUT2D eigenvalue weighted by molar-refractivity contribution is 5.08. The average molecular weight is 153 g/mol. The summed E-state index contributed by atoms with van der Waals surface area (Å²) in [6, 6.07) is 0. The van der Waals surface area contributed by atoms with E-state index in [0.29, 0.717) is 11.5 Å². The van der Waals surface area contributed by atoms with Crippen LogP contribution in [0.1, 0.15) is 40.0 Å². The van der Waals surface area contributed by atoms with Gasteiger partial charge in [-0.3, -0.25) is 0 Å². The van der Waals surface area contributed by atoms with Crippen molar-refractivity contribution in [1.82, 2.24) is 0 Å². The Hall–Kier alpha value is -0.0400. The van der Waals surface area contributed by atoms with Crippen LogP contribution in [-0.4, -0.2) is 11.7 Å². The van der Waals surface area contributed by atoms with Crippen LogP contribution in [0.3, 0.4) is 0 Å². The number of hydrogen-bond donors (Lipinski definition) is 0. The summed E-state index contributed by atoms with van der Waals surface area (Å²) in [5.74, 6) is 0. The summed E-state index contributed by atoms with van der Waals surface area (Å²) in [6.45, 7) is 6.69. The lowest BCUT2D eigenvalue weighted by atomic mass is 9.98. The predicted octanol–water partition coefficient (Wildman–Crippen LogP) is 2.56. The van der Waals surface area contributed by atoms with Gasteiger partial charge in [0.15, 0.2) is 0 Å². The first kappa shape index (κ1) is 7.60. The van der Waals surface area contributed by atoms with Gasteiger partial charge >= 0.3 is 0 Å². The molecule has 1 heteroatoms. The lowest BCUT2D eigenvalue weighted by molar-refractivity contribution is 0.313. The van der Waals surface area contributed by atoms with E-state index in [9.17, 15) is 0 Å². The van der Waals surface area contributed by atoms with Crippen LogP contribution < -0.4 is 0 Å². The Morgan fingerprint density at radius 1 is 1.45 bits per heavy atom. The normalized spacial score (nSPS) is 36.8. The fraction of sp³-hybridized carbons (Fsp3) is 0.900. The van der Waals surface area contributed by atoms with E-state index < -0.39 is 0 Å². The summed E-state index contributed by atoms with van der Waals surface area (Å²) in [6.07, 6.45) is 6.84. The Balaban J connectivity index is 1.69. The Kier molecular flexibility index (Phi) is 1.39. The Bertz CT molecular complexity index is 168. The third-order valence-electron chi connectivity index (χ3n) is 3.04. The molecule has 1 saturated heterocycles. The molecule has 0 N–H and O–H groups in total. The molecule has 11 heavy (non-hydrogen) atoms. The zero-order chi connectivity index (χ0) is 8.11. The van der Waals surface area contributed by atoms with Crippen LogP contribution in [0.25, 0.3) is 0 Å². The van der Waals surface area contributed by atoms with Gasteiger partial charge in [-0.1, -0.05) is 6.92 Å². The lowest BCUT2D eigenvalue weighted by Crippen LogP contribution is -2.05. The van der Waals surface area contributed by atoms with Crippen LogP contribution in [-0.2, 0) is 4.74 Å². The van der Waals surface area contributed by atoms with Crippen molar-refractivity contribution in [3.05, 3.63) is 6.42 Å². The first-order chi connectivity index (χ1) is 5.02. The van der Waals surface area contributed by atoms with Gasteiger partial charge in [-0.2, -0.15) is 0 Å². The molecule has 2 rings (SSSR count). The fourth-order valence-electron chi connectivity index (χ4n) is 1.58. The van der Waals surface area contributed by atoms with Crippen molar-refractivity contribution < 1.29 is 4.74 Å². The molecule has 0 amide bonds. The van der Waals surface area contributed by atoms with Crippen LogP contribution >= 0.6 is 0 Å². The lowest BCUT2D eigenvalue weighted by Gasteiger charge is -2.04. The van der Waals surface area contributed by atoms with Gasteiger partial charge in [0, 0.05) is 0 Å². The smallest absolute Gasteiger partial charge is 0.0892 e. The van der Waals surface area contributed by atoms with Crippen LogP contribution in [0.15, 0.2) is 0 Å². The van der Waals surface area contributed by atoms with Gasteiger partial charge in [0.1, 0.15) is 0 Å². The zero-order valence-electron chi connectivity index (χ0n) is 7.68. The SMILES string of the molecule is CC1(CCC2OC2(C)C)[CH]C1. The summed E-state index contributed by atoms with van der Waals surface area (Å²) in [5, 5.41) is 0. The highest BCUT2D eigenvalue weighted by Gasteiger charge is 2.49. The third-order valence-corrected chi connectivity index (χ3v) is 3.04. The summed E-state index contributed by atoms with van der Waals surface area (Å²) in [4.78, 5) is 0. The van der Waals surface area contributed by atoms with Crippen LogP contribution in [0.5, 0.6) is 0 Å². The molecule has 0 aromatic heterocycles. The molecule has 2 atom stereocenters. The monoisotopic (exact) mass is 153 g/mol. The molecule has 1 radical (unpaired) electrons. The molecule has 1 heterocycles. The second kappa shape index (κ2) is 2.01. The van der Waals surface area contributed by atoms with E-state index in [1.54, 1.807) is 0 Å². The predicted molar refractivity (Wildman–Crippen MR) is 45.2 cm³/mol. The van der Waals surface area contributed by atoms with E-state index in [1.807, 2.05) is 0 Å². The largest absolute Gasteiger partial charge is 0.367 e. The molecule has 0 aromatic rings. The van der Waals surface area contributed by atoms with Gasteiger partial charge in [-0.25, -0.2) is 0 Å². The molecule has 2 unspecified atom stereocenters. The van der Waals surface area contributed by atoms with Crippen molar-refractivity contribution in [3.63, 3.8) is 0 Å². The maximum Gasteiger partial charge on any atom is 0.0892 e. The molecule has 63 valence electrons. The number of ether oxygens (including phenoxy) is 1. The molecule has 1 aliphatic carbocycles. The zero-order valence-corrected chi connectivity index (χ0v) is 7.68. The first-order valence-electron chi connectivity index (χ1n) is 4.54. The minimum atomic E-state index is 0.200. The summed E-state index contributed by atoms with van der Waals surface area (Å²) in [5.41, 5.74) is 0.785. The van der Waals surface area contributed by atoms with E-state index >= 15 is 0 Å². The van der Waals surface area contributed by atoms with Crippen LogP contribution in [0.2, 0.25) is 0 Å². The van der Waals surface area contributed by atoms with Crippen molar-refractivity contribution in [3.8, 4) is 0 Å². The Labute approximate surface area is 69.1 Å². The fourth-order valence-corrected chi connectivity index (χ4v) is 1.58. The van der Waals surface area contributed by atoms with Crippen molar-refractivity contribution in [2.24, 2.45) is 5.41 Å². The molecular formula is C10H17O. The summed E-state index contributed by atoms with van der Waals surface area (Å²) in [7, 11) is 0. The number of hydrogen-bond acceptors (Lipinski definition) is 1. The Morgan fingerprint density at radius 3 is 2.36 bits per heavy atom. The van der Waals surface area contributed by atoms with Crippen molar-refractivity contribution in [1.29, 1.82) is 0 Å². The summed E-state index contributed by atoms with van der Waals surface area (Å²) < 4.78 is 5.51. The first-order valence-corrected chi connectivity index (χ1v) is 4.54.